The predicted octanol–water partition coefficient (Wildman–Crippen LogP) is 4.36. The fourth-order valence-corrected chi connectivity index (χ4v) is 3.36. The van der Waals surface area contributed by atoms with Gasteiger partial charge in [-0.1, -0.05) is 47.5 Å². The van der Waals surface area contributed by atoms with E-state index in [0.29, 0.717) is 6.04 Å². The molecular weight excluding hydrogens is 292 g/mol. The average molecular weight is 315 g/mol. The minimum absolute atomic E-state index is 0.513. The first-order valence-corrected chi connectivity index (χ1v) is 8.30. The van der Waals surface area contributed by atoms with Crippen molar-refractivity contribution in [2.24, 2.45) is 0 Å². The van der Waals surface area contributed by atoms with Crippen LogP contribution in [-0.2, 0) is 6.54 Å². The molecule has 22 heavy (non-hydrogen) atoms. The van der Waals surface area contributed by atoms with Crippen LogP contribution in [0.3, 0.4) is 0 Å². The standard InChI is InChI=1S/C19H23ClN2/c1-15-7-9-18(10-8-15)22-12-11-21(13-16(22)2)14-17-5-3-4-6-19(17)20/h3-10,16H,11-14H2,1-2H3. The molecule has 1 aliphatic rings. The Hall–Kier alpha value is -1.51. The highest BCUT2D eigenvalue weighted by Crippen LogP contribution is 2.23. The molecule has 1 saturated heterocycles. The Kier molecular flexibility index (Phi) is 4.70. The Morgan fingerprint density at radius 3 is 2.45 bits per heavy atom. The van der Waals surface area contributed by atoms with Gasteiger partial charge in [-0.2, -0.15) is 0 Å². The maximum Gasteiger partial charge on any atom is 0.0451 e. The van der Waals surface area contributed by atoms with Gasteiger partial charge < -0.3 is 4.90 Å². The zero-order valence-electron chi connectivity index (χ0n) is 13.3. The molecule has 1 fully saturated rings. The van der Waals surface area contributed by atoms with E-state index in [1.54, 1.807) is 0 Å². The number of anilines is 1. The van der Waals surface area contributed by atoms with Gasteiger partial charge in [-0.25, -0.2) is 0 Å². The van der Waals surface area contributed by atoms with Crippen molar-refractivity contribution in [3.8, 4) is 0 Å². The van der Waals surface area contributed by atoms with Gasteiger partial charge in [0.1, 0.15) is 0 Å². The van der Waals surface area contributed by atoms with Crippen molar-refractivity contribution in [1.29, 1.82) is 0 Å². The van der Waals surface area contributed by atoms with E-state index in [1.807, 2.05) is 12.1 Å². The van der Waals surface area contributed by atoms with Crippen molar-refractivity contribution < 1.29 is 0 Å². The summed E-state index contributed by atoms with van der Waals surface area (Å²) >= 11 is 6.28. The van der Waals surface area contributed by atoms with E-state index < -0.39 is 0 Å². The first-order chi connectivity index (χ1) is 10.6. The molecular formula is C19H23ClN2. The van der Waals surface area contributed by atoms with Crippen molar-refractivity contribution in [3.63, 3.8) is 0 Å². The zero-order chi connectivity index (χ0) is 15.5. The van der Waals surface area contributed by atoms with Gasteiger partial charge in [0, 0.05) is 42.9 Å². The van der Waals surface area contributed by atoms with Crippen LogP contribution in [0.2, 0.25) is 5.02 Å². The number of aryl methyl sites for hydroxylation is 1. The normalized spacial score (nSPS) is 19.4. The summed E-state index contributed by atoms with van der Waals surface area (Å²) in [5.74, 6) is 0. The van der Waals surface area contributed by atoms with Gasteiger partial charge in [-0.05, 0) is 37.6 Å². The molecule has 0 amide bonds. The molecule has 0 bridgehead atoms. The first-order valence-electron chi connectivity index (χ1n) is 7.92. The molecule has 2 aromatic carbocycles. The van der Waals surface area contributed by atoms with Crippen LogP contribution in [0.15, 0.2) is 48.5 Å². The van der Waals surface area contributed by atoms with Gasteiger partial charge in [0.05, 0.1) is 0 Å². The van der Waals surface area contributed by atoms with Crippen LogP contribution in [0.4, 0.5) is 5.69 Å². The molecule has 2 aromatic rings. The summed E-state index contributed by atoms with van der Waals surface area (Å²) in [5.41, 5.74) is 3.87. The Balaban J connectivity index is 1.65. The summed E-state index contributed by atoms with van der Waals surface area (Å²) in [5, 5.41) is 0.871. The summed E-state index contributed by atoms with van der Waals surface area (Å²) < 4.78 is 0. The Morgan fingerprint density at radius 2 is 1.77 bits per heavy atom. The predicted molar refractivity (Wildman–Crippen MR) is 94.7 cm³/mol. The smallest absolute Gasteiger partial charge is 0.0451 e. The third-order valence-electron chi connectivity index (χ3n) is 4.43. The van der Waals surface area contributed by atoms with Crippen LogP contribution in [0.5, 0.6) is 0 Å². The number of hydrogen-bond donors (Lipinski definition) is 0. The van der Waals surface area contributed by atoms with E-state index in [-0.39, 0.29) is 0 Å². The monoisotopic (exact) mass is 314 g/mol. The quantitative estimate of drug-likeness (QED) is 0.830. The fourth-order valence-electron chi connectivity index (χ4n) is 3.16. The lowest BCUT2D eigenvalue weighted by molar-refractivity contribution is 0.221. The first kappa shape index (κ1) is 15.4. The molecule has 1 aliphatic heterocycles. The highest BCUT2D eigenvalue weighted by atomic mass is 35.5. The Bertz CT molecular complexity index is 624. The van der Waals surface area contributed by atoms with E-state index in [0.717, 1.165) is 31.2 Å². The van der Waals surface area contributed by atoms with Gasteiger partial charge in [-0.15, -0.1) is 0 Å². The summed E-state index contributed by atoms with van der Waals surface area (Å²) in [6.07, 6.45) is 0. The van der Waals surface area contributed by atoms with E-state index in [1.165, 1.54) is 16.8 Å². The van der Waals surface area contributed by atoms with Gasteiger partial charge >= 0.3 is 0 Å². The average Bonchev–Trinajstić information content (AvgIpc) is 2.51. The highest BCUT2D eigenvalue weighted by molar-refractivity contribution is 6.31. The van der Waals surface area contributed by atoms with Crippen molar-refractivity contribution in [1.82, 2.24) is 4.90 Å². The zero-order valence-corrected chi connectivity index (χ0v) is 14.1. The van der Waals surface area contributed by atoms with Crippen LogP contribution < -0.4 is 4.90 Å². The number of benzene rings is 2. The molecule has 0 aliphatic carbocycles. The highest BCUT2D eigenvalue weighted by Gasteiger charge is 2.24. The van der Waals surface area contributed by atoms with Gasteiger partial charge in [-0.3, -0.25) is 4.90 Å². The molecule has 3 heteroatoms. The van der Waals surface area contributed by atoms with Crippen LogP contribution in [-0.4, -0.2) is 30.6 Å². The number of hydrogen-bond acceptors (Lipinski definition) is 2. The Labute approximate surface area is 138 Å². The lowest BCUT2D eigenvalue weighted by Gasteiger charge is -2.41. The largest absolute Gasteiger partial charge is 0.366 e. The number of piperazine rings is 1. The molecule has 116 valence electrons. The lowest BCUT2D eigenvalue weighted by Crippen LogP contribution is -2.51. The van der Waals surface area contributed by atoms with Crippen LogP contribution in [0.1, 0.15) is 18.1 Å². The fraction of sp³-hybridized carbons (Fsp3) is 0.368. The molecule has 1 atom stereocenters. The molecule has 3 rings (SSSR count). The second-order valence-electron chi connectivity index (χ2n) is 6.20. The summed E-state index contributed by atoms with van der Waals surface area (Å²) in [7, 11) is 0. The molecule has 0 aromatic heterocycles. The molecule has 0 saturated carbocycles. The van der Waals surface area contributed by atoms with Crippen molar-refractivity contribution in [2.45, 2.75) is 26.4 Å². The molecule has 1 unspecified atom stereocenters. The van der Waals surface area contributed by atoms with Gasteiger partial charge in [0.25, 0.3) is 0 Å². The topological polar surface area (TPSA) is 6.48 Å². The van der Waals surface area contributed by atoms with Crippen molar-refractivity contribution in [3.05, 3.63) is 64.7 Å². The van der Waals surface area contributed by atoms with Gasteiger partial charge in [0.15, 0.2) is 0 Å². The maximum atomic E-state index is 6.28. The van der Waals surface area contributed by atoms with E-state index in [2.05, 4.69) is 60.0 Å². The lowest BCUT2D eigenvalue weighted by atomic mass is 10.1. The van der Waals surface area contributed by atoms with E-state index in [9.17, 15) is 0 Å². The Morgan fingerprint density at radius 1 is 1.05 bits per heavy atom. The van der Waals surface area contributed by atoms with Crippen molar-refractivity contribution >= 4 is 17.3 Å². The minimum Gasteiger partial charge on any atom is -0.366 e. The number of halogens is 1. The van der Waals surface area contributed by atoms with Crippen molar-refractivity contribution in [2.75, 3.05) is 24.5 Å². The number of nitrogens with zero attached hydrogens (tertiary/aromatic N) is 2. The van der Waals surface area contributed by atoms with Crippen LogP contribution in [0, 0.1) is 6.92 Å². The van der Waals surface area contributed by atoms with E-state index >= 15 is 0 Å². The van der Waals surface area contributed by atoms with Gasteiger partial charge in [0.2, 0.25) is 0 Å². The minimum atomic E-state index is 0.513. The van der Waals surface area contributed by atoms with Crippen LogP contribution >= 0.6 is 11.6 Å². The third-order valence-corrected chi connectivity index (χ3v) is 4.80. The van der Waals surface area contributed by atoms with E-state index in [4.69, 9.17) is 11.6 Å². The molecule has 0 N–H and O–H groups in total. The second-order valence-corrected chi connectivity index (χ2v) is 6.61. The number of rotatable bonds is 3. The summed E-state index contributed by atoms with van der Waals surface area (Å²) in [6.45, 7) is 8.58. The maximum absolute atomic E-state index is 6.28. The van der Waals surface area contributed by atoms with Crippen LogP contribution in [0.25, 0.3) is 0 Å². The SMILES string of the molecule is Cc1ccc(N2CCN(Cc3ccccc3Cl)CC2C)cc1. The summed E-state index contributed by atoms with van der Waals surface area (Å²) in [6, 6.07) is 17.5. The second kappa shape index (κ2) is 6.72. The molecule has 0 radical (unpaired) electrons. The third kappa shape index (κ3) is 3.45. The molecule has 2 nitrogen and oxygen atoms in total. The molecule has 1 heterocycles. The molecule has 0 spiro atoms. The summed E-state index contributed by atoms with van der Waals surface area (Å²) in [4.78, 5) is 5.00.